The highest BCUT2D eigenvalue weighted by Crippen LogP contribution is 2.32. The molecular formula is C13H25N3O2. The largest absolute Gasteiger partial charge is 0.468 e. The van der Waals surface area contributed by atoms with E-state index in [9.17, 15) is 4.79 Å². The summed E-state index contributed by atoms with van der Waals surface area (Å²) in [5, 5.41) is 3.43. The second kappa shape index (κ2) is 5.99. The normalized spacial score (nSPS) is 34.1. The van der Waals surface area contributed by atoms with Gasteiger partial charge in [-0.3, -0.25) is 4.79 Å². The Balaban J connectivity index is 1.79. The van der Waals surface area contributed by atoms with Gasteiger partial charge in [0.05, 0.1) is 7.11 Å². The lowest BCUT2D eigenvalue weighted by Crippen LogP contribution is -2.56. The first-order valence-electron chi connectivity index (χ1n) is 6.90. The number of nitrogens with zero attached hydrogens (tertiary/aromatic N) is 1. The van der Waals surface area contributed by atoms with E-state index in [0.717, 1.165) is 0 Å². The van der Waals surface area contributed by atoms with Crippen LogP contribution in [0.2, 0.25) is 0 Å². The van der Waals surface area contributed by atoms with E-state index in [1.807, 2.05) is 0 Å². The van der Waals surface area contributed by atoms with Gasteiger partial charge in [0.1, 0.15) is 6.04 Å². The average molecular weight is 255 g/mol. The molecule has 0 amide bonds. The topological polar surface area (TPSA) is 67.6 Å². The molecule has 2 heterocycles. The SMILES string of the molecule is COC(=O)C(N)CNC1CC2CCCC(C1)N2C. The first-order valence-corrected chi connectivity index (χ1v) is 6.90. The van der Waals surface area contributed by atoms with Crippen molar-refractivity contribution in [2.45, 2.75) is 56.3 Å². The van der Waals surface area contributed by atoms with Gasteiger partial charge < -0.3 is 20.7 Å². The molecule has 5 heteroatoms. The molecule has 0 aromatic carbocycles. The highest BCUT2D eigenvalue weighted by Gasteiger charge is 2.35. The van der Waals surface area contributed by atoms with Crippen molar-refractivity contribution in [1.82, 2.24) is 10.2 Å². The van der Waals surface area contributed by atoms with Gasteiger partial charge >= 0.3 is 5.97 Å². The Morgan fingerprint density at radius 1 is 1.44 bits per heavy atom. The fraction of sp³-hybridized carbons (Fsp3) is 0.923. The van der Waals surface area contributed by atoms with E-state index in [1.54, 1.807) is 0 Å². The van der Waals surface area contributed by atoms with Crippen LogP contribution < -0.4 is 11.1 Å². The molecule has 0 radical (unpaired) electrons. The van der Waals surface area contributed by atoms with Crippen molar-refractivity contribution in [3.8, 4) is 0 Å². The minimum atomic E-state index is -0.547. The van der Waals surface area contributed by atoms with E-state index in [-0.39, 0.29) is 5.97 Å². The Hall–Kier alpha value is -0.650. The van der Waals surface area contributed by atoms with E-state index in [1.165, 1.54) is 39.2 Å². The van der Waals surface area contributed by atoms with Gasteiger partial charge in [-0.15, -0.1) is 0 Å². The number of esters is 1. The van der Waals surface area contributed by atoms with E-state index in [0.29, 0.717) is 24.7 Å². The van der Waals surface area contributed by atoms with E-state index >= 15 is 0 Å². The molecule has 2 saturated heterocycles. The molecule has 0 aromatic rings. The molecule has 2 rings (SSSR count). The Kier molecular flexibility index (Phi) is 4.59. The minimum absolute atomic E-state index is 0.337. The molecule has 18 heavy (non-hydrogen) atoms. The maximum absolute atomic E-state index is 11.2. The molecule has 3 N–H and O–H groups in total. The van der Waals surface area contributed by atoms with Gasteiger partial charge in [0.15, 0.2) is 0 Å². The van der Waals surface area contributed by atoms with Crippen LogP contribution in [0, 0.1) is 0 Å². The molecule has 2 aliphatic heterocycles. The van der Waals surface area contributed by atoms with Crippen LogP contribution in [0.1, 0.15) is 32.1 Å². The molecule has 0 spiro atoms. The number of hydrogen-bond acceptors (Lipinski definition) is 5. The summed E-state index contributed by atoms with van der Waals surface area (Å²) in [6.07, 6.45) is 6.29. The van der Waals surface area contributed by atoms with Crippen molar-refractivity contribution in [3.05, 3.63) is 0 Å². The number of fused-ring (bicyclic) bond motifs is 2. The summed E-state index contributed by atoms with van der Waals surface area (Å²) in [7, 11) is 3.62. The predicted molar refractivity (Wildman–Crippen MR) is 70.2 cm³/mol. The summed E-state index contributed by atoms with van der Waals surface area (Å²) < 4.78 is 4.63. The first kappa shape index (κ1) is 13.8. The highest BCUT2D eigenvalue weighted by atomic mass is 16.5. The molecular weight excluding hydrogens is 230 g/mol. The molecule has 5 nitrogen and oxygen atoms in total. The summed E-state index contributed by atoms with van der Waals surface area (Å²) in [4.78, 5) is 13.8. The number of piperidine rings is 2. The van der Waals surface area contributed by atoms with Gasteiger partial charge in [-0.2, -0.15) is 0 Å². The van der Waals surface area contributed by atoms with Gasteiger partial charge in [-0.05, 0) is 32.7 Å². The van der Waals surface area contributed by atoms with Gasteiger partial charge in [0, 0.05) is 24.7 Å². The van der Waals surface area contributed by atoms with Crippen molar-refractivity contribution >= 4 is 5.97 Å². The Bertz CT molecular complexity index is 284. The molecule has 2 aliphatic rings. The summed E-state index contributed by atoms with van der Waals surface area (Å²) in [5.41, 5.74) is 5.74. The number of carbonyl (C=O) groups is 1. The third-order valence-electron chi connectivity index (χ3n) is 4.47. The van der Waals surface area contributed by atoms with Crippen LogP contribution in [0.25, 0.3) is 0 Å². The van der Waals surface area contributed by atoms with Gasteiger partial charge in [-0.1, -0.05) is 6.42 Å². The minimum Gasteiger partial charge on any atom is -0.468 e. The Morgan fingerprint density at radius 2 is 2.06 bits per heavy atom. The number of rotatable bonds is 4. The second-order valence-electron chi connectivity index (χ2n) is 5.61. The lowest BCUT2D eigenvalue weighted by atomic mass is 9.82. The number of methoxy groups -OCH3 is 1. The number of ether oxygens (including phenoxy) is 1. The quantitative estimate of drug-likeness (QED) is 0.697. The molecule has 104 valence electrons. The van der Waals surface area contributed by atoms with Crippen LogP contribution in [0.5, 0.6) is 0 Å². The van der Waals surface area contributed by atoms with Crippen molar-refractivity contribution in [2.75, 3.05) is 20.7 Å². The number of carbonyl (C=O) groups excluding carboxylic acids is 1. The predicted octanol–water partition coefficient (Wildman–Crippen LogP) is 0.0916. The third kappa shape index (κ3) is 3.02. The van der Waals surface area contributed by atoms with Gasteiger partial charge in [0.25, 0.3) is 0 Å². The lowest BCUT2D eigenvalue weighted by molar-refractivity contribution is -0.142. The maximum Gasteiger partial charge on any atom is 0.323 e. The third-order valence-corrected chi connectivity index (χ3v) is 4.47. The van der Waals surface area contributed by atoms with Crippen LogP contribution in [0.15, 0.2) is 0 Å². The summed E-state index contributed by atoms with van der Waals surface area (Å²) in [5.74, 6) is -0.337. The fourth-order valence-corrected chi connectivity index (χ4v) is 3.31. The van der Waals surface area contributed by atoms with Crippen LogP contribution in [-0.4, -0.2) is 55.7 Å². The Morgan fingerprint density at radius 3 is 2.61 bits per heavy atom. The molecule has 3 atom stereocenters. The Labute approximate surface area is 109 Å². The zero-order chi connectivity index (χ0) is 13.1. The van der Waals surface area contributed by atoms with Crippen molar-refractivity contribution < 1.29 is 9.53 Å². The number of hydrogen-bond donors (Lipinski definition) is 2. The molecule has 0 saturated carbocycles. The van der Waals surface area contributed by atoms with Crippen molar-refractivity contribution in [2.24, 2.45) is 5.73 Å². The average Bonchev–Trinajstić information content (AvgIpc) is 2.35. The molecule has 0 aromatic heterocycles. The van der Waals surface area contributed by atoms with E-state index in [2.05, 4.69) is 22.0 Å². The molecule has 3 unspecified atom stereocenters. The highest BCUT2D eigenvalue weighted by molar-refractivity contribution is 5.75. The molecule has 2 bridgehead atoms. The van der Waals surface area contributed by atoms with E-state index in [4.69, 9.17) is 5.73 Å². The summed E-state index contributed by atoms with van der Waals surface area (Å²) in [6.45, 7) is 0.514. The van der Waals surface area contributed by atoms with Crippen molar-refractivity contribution in [3.63, 3.8) is 0 Å². The summed E-state index contributed by atoms with van der Waals surface area (Å²) in [6, 6.07) is 1.34. The lowest BCUT2D eigenvalue weighted by Gasteiger charge is -2.47. The zero-order valence-electron chi connectivity index (χ0n) is 11.4. The monoisotopic (exact) mass is 255 g/mol. The zero-order valence-corrected chi connectivity index (χ0v) is 11.4. The summed E-state index contributed by atoms with van der Waals surface area (Å²) >= 11 is 0. The second-order valence-corrected chi connectivity index (χ2v) is 5.61. The van der Waals surface area contributed by atoms with Crippen molar-refractivity contribution in [1.29, 1.82) is 0 Å². The first-order chi connectivity index (χ1) is 8.61. The van der Waals surface area contributed by atoms with Crippen LogP contribution >= 0.6 is 0 Å². The molecule has 2 fully saturated rings. The van der Waals surface area contributed by atoms with Gasteiger partial charge in [0.2, 0.25) is 0 Å². The van der Waals surface area contributed by atoms with Crippen LogP contribution in [0.3, 0.4) is 0 Å². The number of nitrogens with one attached hydrogen (secondary N) is 1. The van der Waals surface area contributed by atoms with E-state index < -0.39 is 6.04 Å². The standard InChI is InChI=1S/C13H25N3O2/c1-16-10-4-3-5-11(16)7-9(6-10)15-8-12(14)13(17)18-2/h9-12,15H,3-8,14H2,1-2H3. The molecule has 0 aliphatic carbocycles. The number of nitrogens with two attached hydrogens (primary N) is 1. The van der Waals surface area contributed by atoms with Crippen LogP contribution in [-0.2, 0) is 9.53 Å². The smallest absolute Gasteiger partial charge is 0.323 e. The van der Waals surface area contributed by atoms with Crippen LogP contribution in [0.4, 0.5) is 0 Å². The fourth-order valence-electron chi connectivity index (χ4n) is 3.31. The maximum atomic E-state index is 11.2. The van der Waals surface area contributed by atoms with Gasteiger partial charge in [-0.25, -0.2) is 0 Å².